The van der Waals surface area contributed by atoms with Crippen molar-refractivity contribution in [3.05, 3.63) is 52.2 Å². The molecule has 4 nitrogen and oxygen atoms in total. The predicted molar refractivity (Wildman–Crippen MR) is 88.9 cm³/mol. The van der Waals surface area contributed by atoms with Crippen LogP contribution in [0, 0.1) is 0 Å². The molecule has 1 aromatic heterocycles. The number of carbonyl (C=O) groups excluding carboxylic acids is 2. The third kappa shape index (κ3) is 3.04. The minimum absolute atomic E-state index is 0.0120. The Labute approximate surface area is 134 Å². The lowest BCUT2D eigenvalue weighted by Crippen LogP contribution is -2.48. The molecule has 0 aliphatic carbocycles. The van der Waals surface area contributed by atoms with E-state index in [0.717, 1.165) is 13.1 Å². The number of rotatable bonds is 3. The molecule has 1 fully saturated rings. The summed E-state index contributed by atoms with van der Waals surface area (Å²) in [4.78, 5) is 29.3. The molecule has 3 rings (SSSR count). The molecule has 1 aliphatic rings. The molecule has 2 heterocycles. The van der Waals surface area contributed by atoms with Crippen molar-refractivity contribution in [3.63, 3.8) is 0 Å². The summed E-state index contributed by atoms with van der Waals surface area (Å²) in [7, 11) is 0. The summed E-state index contributed by atoms with van der Waals surface area (Å²) in [5.41, 5.74) is 1.20. The van der Waals surface area contributed by atoms with Crippen LogP contribution in [-0.2, 0) is 0 Å². The number of benzene rings is 1. The van der Waals surface area contributed by atoms with Crippen molar-refractivity contribution in [3.8, 4) is 0 Å². The maximum Gasteiger partial charge on any atom is 0.264 e. The highest BCUT2D eigenvalue weighted by molar-refractivity contribution is 7.15. The minimum atomic E-state index is 0.0120. The third-order valence-corrected chi connectivity index (χ3v) is 5.03. The summed E-state index contributed by atoms with van der Waals surface area (Å²) in [6.07, 6.45) is 0. The Morgan fingerprint density at radius 2 is 1.55 bits per heavy atom. The van der Waals surface area contributed by atoms with Crippen LogP contribution in [0.3, 0.4) is 0 Å². The fraction of sp³-hybridized carbons (Fsp3) is 0.294. The zero-order valence-electron chi connectivity index (χ0n) is 12.5. The van der Waals surface area contributed by atoms with Crippen LogP contribution in [0.4, 0.5) is 5.69 Å². The van der Waals surface area contributed by atoms with E-state index in [1.165, 1.54) is 23.9 Å². The first-order valence-corrected chi connectivity index (χ1v) is 8.17. The van der Waals surface area contributed by atoms with Crippen LogP contribution in [0.1, 0.15) is 26.3 Å². The van der Waals surface area contributed by atoms with Gasteiger partial charge in [0.2, 0.25) is 0 Å². The van der Waals surface area contributed by atoms with Gasteiger partial charge in [-0.15, -0.1) is 11.3 Å². The molecule has 0 radical (unpaired) electrons. The summed E-state index contributed by atoms with van der Waals surface area (Å²) in [5, 5.41) is 0. The topological polar surface area (TPSA) is 40.6 Å². The number of Topliss-reactive ketones (excluding diaryl/α,β-unsaturated/α-hetero) is 1. The summed E-state index contributed by atoms with van der Waals surface area (Å²) >= 11 is 1.29. The molecule has 0 spiro atoms. The average molecular weight is 314 g/mol. The van der Waals surface area contributed by atoms with Gasteiger partial charge in [0.05, 0.1) is 9.75 Å². The molecule has 1 aliphatic heterocycles. The minimum Gasteiger partial charge on any atom is -0.368 e. The lowest BCUT2D eigenvalue weighted by atomic mass is 10.2. The smallest absolute Gasteiger partial charge is 0.264 e. The van der Waals surface area contributed by atoms with Crippen molar-refractivity contribution in [2.24, 2.45) is 0 Å². The fourth-order valence-electron chi connectivity index (χ4n) is 2.60. The third-order valence-electron chi connectivity index (χ3n) is 3.85. The van der Waals surface area contributed by atoms with Crippen molar-refractivity contribution >= 4 is 28.7 Å². The lowest BCUT2D eigenvalue weighted by molar-refractivity contribution is 0.0751. The Bertz CT molecular complexity index is 673. The van der Waals surface area contributed by atoms with Gasteiger partial charge in [-0.05, 0) is 31.2 Å². The van der Waals surface area contributed by atoms with Gasteiger partial charge in [0, 0.05) is 31.9 Å². The molecule has 2 aromatic rings. The standard InChI is InChI=1S/C17H18N2O2S/c1-13(20)15-7-8-16(22-15)17(21)19-11-9-18(10-12-19)14-5-3-2-4-6-14/h2-8H,9-12H2,1H3. The molecular weight excluding hydrogens is 296 g/mol. The van der Waals surface area contributed by atoms with E-state index >= 15 is 0 Å². The molecule has 0 bridgehead atoms. The number of anilines is 1. The molecule has 22 heavy (non-hydrogen) atoms. The van der Waals surface area contributed by atoms with Gasteiger partial charge < -0.3 is 9.80 Å². The number of piperazine rings is 1. The van der Waals surface area contributed by atoms with Gasteiger partial charge in [0.25, 0.3) is 5.91 Å². The second-order valence-corrected chi connectivity index (χ2v) is 6.42. The molecule has 1 aromatic carbocycles. The Hall–Kier alpha value is -2.14. The summed E-state index contributed by atoms with van der Waals surface area (Å²) in [5.74, 6) is 0.0446. The van der Waals surface area contributed by atoms with Crippen LogP contribution < -0.4 is 4.90 Å². The summed E-state index contributed by atoms with van der Waals surface area (Å²) < 4.78 is 0. The average Bonchev–Trinajstić information content (AvgIpc) is 3.05. The van der Waals surface area contributed by atoms with Crippen LogP contribution in [0.5, 0.6) is 0 Å². The van der Waals surface area contributed by atoms with Gasteiger partial charge in [-0.2, -0.15) is 0 Å². The predicted octanol–water partition coefficient (Wildman–Crippen LogP) is 2.91. The summed E-state index contributed by atoms with van der Waals surface area (Å²) in [6, 6.07) is 13.7. The number of carbonyl (C=O) groups is 2. The van der Waals surface area contributed by atoms with Crippen molar-refractivity contribution in [1.29, 1.82) is 0 Å². The number of nitrogens with zero attached hydrogens (tertiary/aromatic N) is 2. The fourth-order valence-corrected chi connectivity index (χ4v) is 3.47. The van der Waals surface area contributed by atoms with Crippen molar-refractivity contribution in [2.45, 2.75) is 6.92 Å². The van der Waals surface area contributed by atoms with Crippen molar-refractivity contribution < 1.29 is 9.59 Å². The molecule has 114 valence electrons. The van der Waals surface area contributed by atoms with Crippen LogP contribution >= 0.6 is 11.3 Å². The van der Waals surface area contributed by atoms with Gasteiger partial charge in [-0.25, -0.2) is 0 Å². The van der Waals surface area contributed by atoms with E-state index in [2.05, 4.69) is 17.0 Å². The van der Waals surface area contributed by atoms with Crippen LogP contribution in [-0.4, -0.2) is 42.8 Å². The maximum absolute atomic E-state index is 12.5. The van der Waals surface area contributed by atoms with E-state index in [0.29, 0.717) is 22.8 Å². The normalized spacial score (nSPS) is 15.0. The molecule has 1 amide bonds. The quantitative estimate of drug-likeness (QED) is 0.818. The van der Waals surface area contributed by atoms with E-state index in [1.807, 2.05) is 23.1 Å². The molecule has 5 heteroatoms. The lowest BCUT2D eigenvalue weighted by Gasteiger charge is -2.35. The highest BCUT2D eigenvalue weighted by Crippen LogP contribution is 2.21. The highest BCUT2D eigenvalue weighted by atomic mass is 32.1. The van der Waals surface area contributed by atoms with E-state index in [1.54, 1.807) is 12.1 Å². The zero-order chi connectivity index (χ0) is 15.5. The zero-order valence-corrected chi connectivity index (χ0v) is 13.3. The number of para-hydroxylation sites is 1. The maximum atomic E-state index is 12.5. The molecule has 0 unspecified atom stereocenters. The van der Waals surface area contributed by atoms with Crippen LogP contribution in [0.2, 0.25) is 0 Å². The number of hydrogen-bond donors (Lipinski definition) is 0. The second kappa shape index (κ2) is 6.32. The number of ketones is 1. The molecule has 0 atom stereocenters. The Morgan fingerprint density at radius 3 is 2.14 bits per heavy atom. The molecule has 0 saturated carbocycles. The van der Waals surface area contributed by atoms with Gasteiger partial charge in [-0.1, -0.05) is 18.2 Å². The summed E-state index contributed by atoms with van der Waals surface area (Å²) in [6.45, 7) is 4.61. The number of amides is 1. The molecular formula is C17H18N2O2S. The van der Waals surface area contributed by atoms with Gasteiger partial charge in [0.1, 0.15) is 0 Å². The van der Waals surface area contributed by atoms with Gasteiger partial charge in [0.15, 0.2) is 5.78 Å². The van der Waals surface area contributed by atoms with Crippen LogP contribution in [0.15, 0.2) is 42.5 Å². The highest BCUT2D eigenvalue weighted by Gasteiger charge is 2.23. The molecule has 0 N–H and O–H groups in total. The monoisotopic (exact) mass is 314 g/mol. The van der Waals surface area contributed by atoms with Crippen LogP contribution in [0.25, 0.3) is 0 Å². The Kier molecular flexibility index (Phi) is 4.24. The van der Waals surface area contributed by atoms with E-state index in [-0.39, 0.29) is 11.7 Å². The number of hydrogen-bond acceptors (Lipinski definition) is 4. The first kappa shape index (κ1) is 14.8. The van der Waals surface area contributed by atoms with E-state index < -0.39 is 0 Å². The van der Waals surface area contributed by atoms with Crippen molar-refractivity contribution in [2.75, 3.05) is 31.1 Å². The van der Waals surface area contributed by atoms with Crippen molar-refractivity contribution in [1.82, 2.24) is 4.90 Å². The Morgan fingerprint density at radius 1 is 0.909 bits per heavy atom. The van der Waals surface area contributed by atoms with Gasteiger partial charge >= 0.3 is 0 Å². The van der Waals surface area contributed by atoms with E-state index in [9.17, 15) is 9.59 Å². The van der Waals surface area contributed by atoms with E-state index in [4.69, 9.17) is 0 Å². The second-order valence-electron chi connectivity index (χ2n) is 5.33. The SMILES string of the molecule is CC(=O)c1ccc(C(=O)N2CCN(c3ccccc3)CC2)s1. The largest absolute Gasteiger partial charge is 0.368 e. The first-order valence-electron chi connectivity index (χ1n) is 7.35. The molecule has 1 saturated heterocycles. The first-order chi connectivity index (χ1) is 10.6. The number of thiophene rings is 1. The Balaban J connectivity index is 1.63. The van der Waals surface area contributed by atoms with Gasteiger partial charge in [-0.3, -0.25) is 9.59 Å².